The minimum absolute atomic E-state index is 0.110. The summed E-state index contributed by atoms with van der Waals surface area (Å²) in [6.45, 7) is 7.10. The zero-order chi connectivity index (χ0) is 22.9. The first-order valence-electron chi connectivity index (χ1n) is 10.8. The van der Waals surface area contributed by atoms with Gasteiger partial charge in [0.05, 0.1) is 18.5 Å². The highest BCUT2D eigenvalue weighted by molar-refractivity contribution is 7.92. The lowest BCUT2D eigenvalue weighted by molar-refractivity contribution is -0.121. The molecule has 0 aliphatic heterocycles. The van der Waals surface area contributed by atoms with Crippen LogP contribution in [0.15, 0.2) is 42.5 Å². The van der Waals surface area contributed by atoms with Crippen LogP contribution in [0.1, 0.15) is 43.4 Å². The van der Waals surface area contributed by atoms with E-state index in [1.807, 2.05) is 63.2 Å². The number of carbonyl (C=O) groups excluding carboxylic acids is 1. The maximum atomic E-state index is 12.5. The number of amides is 1. The van der Waals surface area contributed by atoms with Crippen molar-refractivity contribution in [3.8, 4) is 5.75 Å². The van der Waals surface area contributed by atoms with Crippen LogP contribution in [0.3, 0.4) is 0 Å². The van der Waals surface area contributed by atoms with Gasteiger partial charge in [0.15, 0.2) is 0 Å². The number of sulfonamides is 1. The second kappa shape index (κ2) is 11.7. The van der Waals surface area contributed by atoms with E-state index < -0.39 is 10.0 Å². The topological polar surface area (TPSA) is 75.7 Å². The second-order valence-electron chi connectivity index (χ2n) is 7.59. The van der Waals surface area contributed by atoms with Crippen LogP contribution in [0.2, 0.25) is 0 Å². The predicted molar refractivity (Wildman–Crippen MR) is 126 cm³/mol. The van der Waals surface area contributed by atoms with Crippen LogP contribution in [0.5, 0.6) is 5.75 Å². The van der Waals surface area contributed by atoms with Gasteiger partial charge in [-0.1, -0.05) is 44.2 Å². The molecule has 2 aromatic rings. The maximum Gasteiger partial charge on any atom is 0.232 e. The number of ether oxygens (including phenoxy) is 1. The van der Waals surface area contributed by atoms with E-state index in [9.17, 15) is 13.2 Å². The summed E-state index contributed by atoms with van der Waals surface area (Å²) in [7, 11) is -3.45. The number of aryl methyl sites for hydroxylation is 3. The molecule has 0 fully saturated rings. The zero-order valence-electron chi connectivity index (χ0n) is 19.0. The first-order chi connectivity index (χ1) is 14.8. The summed E-state index contributed by atoms with van der Waals surface area (Å²) in [4.78, 5) is 12.2. The fraction of sp³-hybridized carbons (Fsp3) is 0.458. The standard InChI is InChI=1S/C24H34N2O4S/c1-5-20-11-8-12-21(6-2)24(20)26(31(4,28)29)16-9-14-23(27)25-15-17-30-22-13-7-10-19(3)18-22/h7-8,10-13,18H,5-6,9,14-17H2,1-4H3,(H,25,27). The van der Waals surface area contributed by atoms with E-state index in [0.717, 1.165) is 41.0 Å². The minimum atomic E-state index is -3.45. The normalized spacial score (nSPS) is 11.2. The molecule has 0 aliphatic carbocycles. The first kappa shape index (κ1) is 24.7. The molecule has 0 saturated carbocycles. The highest BCUT2D eigenvalue weighted by Gasteiger charge is 2.22. The second-order valence-corrected chi connectivity index (χ2v) is 9.49. The Morgan fingerprint density at radius 3 is 2.29 bits per heavy atom. The average molecular weight is 447 g/mol. The molecule has 0 radical (unpaired) electrons. The third-order valence-electron chi connectivity index (χ3n) is 5.06. The summed E-state index contributed by atoms with van der Waals surface area (Å²) in [6, 6.07) is 13.6. The monoisotopic (exact) mass is 446 g/mol. The van der Waals surface area contributed by atoms with E-state index in [4.69, 9.17) is 4.74 Å². The predicted octanol–water partition coefficient (Wildman–Crippen LogP) is 3.86. The van der Waals surface area contributed by atoms with Gasteiger partial charge in [-0.15, -0.1) is 0 Å². The molecule has 2 aromatic carbocycles. The summed E-state index contributed by atoms with van der Waals surface area (Å²) in [5.74, 6) is 0.667. The Morgan fingerprint density at radius 2 is 1.71 bits per heavy atom. The summed E-state index contributed by atoms with van der Waals surface area (Å²) in [6.07, 6.45) is 3.42. The Hall–Kier alpha value is -2.54. The number of nitrogens with zero attached hydrogens (tertiary/aromatic N) is 1. The number of rotatable bonds is 12. The molecule has 0 unspecified atom stereocenters. The number of hydrogen-bond donors (Lipinski definition) is 1. The third kappa shape index (κ3) is 7.58. The Labute approximate surface area is 186 Å². The molecule has 2 rings (SSSR count). The fourth-order valence-electron chi connectivity index (χ4n) is 3.51. The molecular weight excluding hydrogens is 412 g/mol. The zero-order valence-corrected chi connectivity index (χ0v) is 19.8. The van der Waals surface area contributed by atoms with Crippen molar-refractivity contribution in [3.63, 3.8) is 0 Å². The summed E-state index contributed by atoms with van der Waals surface area (Å²) < 4.78 is 32.1. The lowest BCUT2D eigenvalue weighted by Gasteiger charge is -2.27. The van der Waals surface area contributed by atoms with Crippen molar-refractivity contribution in [2.45, 2.75) is 46.5 Å². The van der Waals surface area contributed by atoms with Gasteiger partial charge in [0.25, 0.3) is 0 Å². The number of anilines is 1. The van der Waals surface area contributed by atoms with Crippen LogP contribution in [0.25, 0.3) is 0 Å². The molecule has 1 N–H and O–H groups in total. The van der Waals surface area contributed by atoms with Gasteiger partial charge in [0, 0.05) is 13.0 Å². The number of hydrogen-bond acceptors (Lipinski definition) is 4. The highest BCUT2D eigenvalue weighted by Crippen LogP contribution is 2.29. The molecule has 170 valence electrons. The molecule has 0 heterocycles. The van der Waals surface area contributed by atoms with Crippen molar-refractivity contribution >= 4 is 21.6 Å². The van der Waals surface area contributed by atoms with E-state index >= 15 is 0 Å². The summed E-state index contributed by atoms with van der Waals surface area (Å²) in [5, 5.41) is 2.83. The molecule has 0 spiro atoms. The SMILES string of the molecule is CCc1cccc(CC)c1N(CCCC(=O)NCCOc1cccc(C)c1)S(C)(=O)=O. The summed E-state index contributed by atoms with van der Waals surface area (Å²) >= 11 is 0. The van der Waals surface area contributed by atoms with Crippen molar-refractivity contribution < 1.29 is 17.9 Å². The van der Waals surface area contributed by atoms with Gasteiger partial charge in [0.1, 0.15) is 12.4 Å². The van der Waals surface area contributed by atoms with Crippen LogP contribution in [0, 0.1) is 6.92 Å². The van der Waals surface area contributed by atoms with E-state index in [0.29, 0.717) is 19.6 Å². The largest absolute Gasteiger partial charge is 0.492 e. The molecular formula is C24H34N2O4S. The van der Waals surface area contributed by atoms with Crippen LogP contribution in [-0.2, 0) is 27.7 Å². The Balaban J connectivity index is 1.89. The Bertz CT molecular complexity index is 951. The van der Waals surface area contributed by atoms with Crippen molar-refractivity contribution in [3.05, 3.63) is 59.2 Å². The minimum Gasteiger partial charge on any atom is -0.492 e. The van der Waals surface area contributed by atoms with Gasteiger partial charge in [-0.25, -0.2) is 8.42 Å². The van der Waals surface area contributed by atoms with Crippen LogP contribution in [-0.4, -0.2) is 40.3 Å². The number of para-hydroxylation sites is 1. The highest BCUT2D eigenvalue weighted by atomic mass is 32.2. The third-order valence-corrected chi connectivity index (χ3v) is 6.23. The van der Waals surface area contributed by atoms with E-state index in [-0.39, 0.29) is 18.9 Å². The van der Waals surface area contributed by atoms with Crippen molar-refractivity contribution in [1.29, 1.82) is 0 Å². The van der Waals surface area contributed by atoms with Gasteiger partial charge in [-0.3, -0.25) is 9.10 Å². The van der Waals surface area contributed by atoms with Crippen LogP contribution >= 0.6 is 0 Å². The van der Waals surface area contributed by atoms with E-state index in [1.54, 1.807) is 0 Å². The van der Waals surface area contributed by atoms with Crippen molar-refractivity contribution in [2.24, 2.45) is 0 Å². The number of benzene rings is 2. The molecule has 31 heavy (non-hydrogen) atoms. The molecule has 0 saturated heterocycles. The van der Waals surface area contributed by atoms with Gasteiger partial charge in [-0.2, -0.15) is 0 Å². The van der Waals surface area contributed by atoms with E-state index in [2.05, 4.69) is 5.32 Å². The molecule has 0 bridgehead atoms. The quantitative estimate of drug-likeness (QED) is 0.502. The smallest absolute Gasteiger partial charge is 0.232 e. The van der Waals surface area contributed by atoms with Crippen molar-refractivity contribution in [2.75, 3.05) is 30.3 Å². The maximum absolute atomic E-state index is 12.5. The van der Waals surface area contributed by atoms with Gasteiger partial charge in [-0.05, 0) is 55.0 Å². The average Bonchev–Trinajstić information content (AvgIpc) is 2.73. The molecule has 6 nitrogen and oxygen atoms in total. The molecule has 0 aliphatic rings. The van der Waals surface area contributed by atoms with Gasteiger partial charge >= 0.3 is 0 Å². The van der Waals surface area contributed by atoms with Crippen LogP contribution < -0.4 is 14.4 Å². The lowest BCUT2D eigenvalue weighted by atomic mass is 10.0. The molecule has 7 heteroatoms. The summed E-state index contributed by atoms with van der Waals surface area (Å²) in [5.41, 5.74) is 3.89. The lowest BCUT2D eigenvalue weighted by Crippen LogP contribution is -2.34. The Kier molecular flexibility index (Phi) is 9.37. The fourth-order valence-corrected chi connectivity index (χ4v) is 4.54. The number of nitrogens with one attached hydrogen (secondary N) is 1. The number of carbonyl (C=O) groups is 1. The molecule has 0 atom stereocenters. The van der Waals surface area contributed by atoms with Gasteiger partial charge < -0.3 is 10.1 Å². The van der Waals surface area contributed by atoms with E-state index in [1.165, 1.54) is 10.6 Å². The van der Waals surface area contributed by atoms with Gasteiger partial charge in [0.2, 0.25) is 15.9 Å². The Morgan fingerprint density at radius 1 is 1.06 bits per heavy atom. The first-order valence-corrected chi connectivity index (χ1v) is 12.7. The molecule has 1 amide bonds. The van der Waals surface area contributed by atoms with Crippen LogP contribution in [0.4, 0.5) is 5.69 Å². The molecule has 0 aromatic heterocycles. The van der Waals surface area contributed by atoms with Crippen molar-refractivity contribution in [1.82, 2.24) is 5.32 Å².